The van der Waals surface area contributed by atoms with Gasteiger partial charge in [0.2, 0.25) is 5.95 Å². The summed E-state index contributed by atoms with van der Waals surface area (Å²) in [5, 5.41) is 24.5. The third kappa shape index (κ3) is 5.71. The molecule has 0 saturated carbocycles. The van der Waals surface area contributed by atoms with Crippen molar-refractivity contribution < 1.29 is 29.3 Å². The van der Waals surface area contributed by atoms with Crippen LogP contribution in [0.4, 0.5) is 15.5 Å². The predicted octanol–water partition coefficient (Wildman–Crippen LogP) is 5.77. The van der Waals surface area contributed by atoms with Crippen LogP contribution in [0.25, 0.3) is 11.0 Å². The van der Waals surface area contributed by atoms with E-state index in [0.717, 1.165) is 5.56 Å². The minimum atomic E-state index is -1.73. The summed E-state index contributed by atoms with van der Waals surface area (Å²) in [4.78, 5) is 48.4. The van der Waals surface area contributed by atoms with Crippen molar-refractivity contribution in [2.45, 2.75) is 51.9 Å². The Balaban J connectivity index is 1.18. The van der Waals surface area contributed by atoms with Gasteiger partial charge in [0.05, 0.1) is 17.6 Å². The largest absolute Gasteiger partial charge is 0.465 e. The number of ether oxygens (including phenoxy) is 1. The molecule has 3 atom stereocenters. The predicted molar refractivity (Wildman–Crippen MR) is 168 cm³/mol. The summed E-state index contributed by atoms with van der Waals surface area (Å²) in [6.45, 7) is 6.80. The number of aliphatic hydroxyl groups is 1. The number of carboxylic acid groups (broad SMARTS) is 1. The van der Waals surface area contributed by atoms with Gasteiger partial charge in [-0.25, -0.2) is 14.6 Å². The number of rotatable bonds is 6. The van der Waals surface area contributed by atoms with Crippen LogP contribution >= 0.6 is 0 Å². The number of likely N-dealkylation sites (tertiary alicyclic amines) is 1. The molecule has 11 heteroatoms. The molecule has 0 radical (unpaired) electrons. The molecule has 0 bridgehead atoms. The Bertz CT molecular complexity index is 1750. The fourth-order valence-corrected chi connectivity index (χ4v) is 6.53. The number of aromatic nitrogens is 2. The highest BCUT2D eigenvalue weighted by atomic mass is 16.5. The van der Waals surface area contributed by atoms with E-state index in [4.69, 9.17) is 4.74 Å². The maximum atomic E-state index is 13.5. The molecule has 3 amide bonds. The SMILES string of the molecule is CC(C)(C)C1CC(COC(=O)Nc2nc3ccc(C4(O)c5ccccc5C(=O)N4Cc4ccccc4)cc3[nH]2)CCN1C(=O)O. The van der Waals surface area contributed by atoms with Crippen LogP contribution < -0.4 is 5.32 Å². The van der Waals surface area contributed by atoms with Gasteiger partial charge in [-0.2, -0.15) is 0 Å². The Hall–Kier alpha value is -4.90. The van der Waals surface area contributed by atoms with Crippen LogP contribution in [0.1, 0.15) is 60.7 Å². The normalized spacial score (nSPS) is 21.6. The number of imidazole rings is 1. The number of nitrogens with zero attached hydrogens (tertiary/aromatic N) is 3. The van der Waals surface area contributed by atoms with Gasteiger partial charge in [-0.3, -0.25) is 15.0 Å². The number of fused-ring (bicyclic) bond motifs is 2. The smallest absolute Gasteiger partial charge is 0.413 e. The molecular weight excluding hydrogens is 574 g/mol. The number of anilines is 1. The van der Waals surface area contributed by atoms with Crippen LogP contribution in [-0.2, 0) is 17.0 Å². The molecule has 2 aliphatic heterocycles. The monoisotopic (exact) mass is 611 g/mol. The van der Waals surface area contributed by atoms with E-state index in [-0.39, 0.29) is 42.4 Å². The van der Waals surface area contributed by atoms with Crippen LogP contribution in [0.5, 0.6) is 0 Å². The Morgan fingerprint density at radius 2 is 1.82 bits per heavy atom. The van der Waals surface area contributed by atoms with Gasteiger partial charge in [0.25, 0.3) is 5.91 Å². The Kier molecular flexibility index (Phi) is 7.74. The number of amides is 3. The number of hydrogen-bond acceptors (Lipinski definition) is 6. The lowest BCUT2D eigenvalue weighted by Crippen LogP contribution is -2.52. The number of piperidine rings is 1. The minimum absolute atomic E-state index is 0.0328. The average molecular weight is 612 g/mol. The van der Waals surface area contributed by atoms with Crippen LogP contribution in [-0.4, -0.2) is 67.3 Å². The first-order valence-electron chi connectivity index (χ1n) is 15.1. The maximum Gasteiger partial charge on any atom is 0.413 e. The van der Waals surface area contributed by atoms with Crippen molar-refractivity contribution in [1.29, 1.82) is 0 Å². The summed E-state index contributed by atoms with van der Waals surface area (Å²) in [6, 6.07) is 21.6. The van der Waals surface area contributed by atoms with E-state index in [0.29, 0.717) is 47.1 Å². The first-order chi connectivity index (χ1) is 21.4. The molecule has 1 saturated heterocycles. The molecule has 1 aromatic heterocycles. The standard InChI is InChI=1S/C34H37N5O6/c1-33(2,3)28-17-22(15-16-38(28)32(42)43)20-45-31(41)37-30-35-26-14-13-23(18-27(26)36-30)34(44)25-12-8-7-11-24(25)29(40)39(34)19-21-9-5-4-6-10-21/h4-14,18,22,28,44H,15-17,19-20H2,1-3H3,(H,42,43)(H2,35,36,37,41). The van der Waals surface area contributed by atoms with Crippen LogP contribution in [0, 0.1) is 11.3 Å². The summed E-state index contributed by atoms with van der Waals surface area (Å²) in [6.07, 6.45) is -0.396. The maximum absolute atomic E-state index is 13.5. The fourth-order valence-electron chi connectivity index (χ4n) is 6.53. The number of aromatic amines is 1. The van der Waals surface area contributed by atoms with Crippen molar-refractivity contribution in [3.8, 4) is 0 Å². The zero-order valence-corrected chi connectivity index (χ0v) is 25.5. The molecule has 2 aliphatic rings. The van der Waals surface area contributed by atoms with E-state index in [1.54, 1.807) is 42.5 Å². The molecule has 234 valence electrons. The lowest BCUT2D eigenvalue weighted by molar-refractivity contribution is -0.0542. The summed E-state index contributed by atoms with van der Waals surface area (Å²) in [7, 11) is 0. The van der Waals surface area contributed by atoms with E-state index in [2.05, 4.69) is 15.3 Å². The van der Waals surface area contributed by atoms with Gasteiger partial charge in [-0.15, -0.1) is 0 Å². The van der Waals surface area contributed by atoms with E-state index in [1.165, 1.54) is 9.80 Å². The number of benzene rings is 3. The Morgan fingerprint density at radius 1 is 1.09 bits per heavy atom. The highest BCUT2D eigenvalue weighted by Crippen LogP contribution is 2.43. The van der Waals surface area contributed by atoms with Gasteiger partial charge in [0, 0.05) is 35.8 Å². The second-order valence-corrected chi connectivity index (χ2v) is 12.9. The quantitative estimate of drug-likeness (QED) is 0.216. The lowest BCUT2D eigenvalue weighted by Gasteiger charge is -2.44. The second-order valence-electron chi connectivity index (χ2n) is 12.9. The summed E-state index contributed by atoms with van der Waals surface area (Å²) >= 11 is 0. The van der Waals surface area contributed by atoms with Gasteiger partial charge in [0.1, 0.15) is 0 Å². The number of H-pyrrole nitrogens is 1. The molecule has 6 rings (SSSR count). The molecule has 0 spiro atoms. The van der Waals surface area contributed by atoms with Gasteiger partial charge >= 0.3 is 12.2 Å². The third-order valence-corrected chi connectivity index (χ3v) is 8.86. The molecule has 4 N–H and O–H groups in total. The Morgan fingerprint density at radius 3 is 2.56 bits per heavy atom. The van der Waals surface area contributed by atoms with E-state index < -0.39 is 17.9 Å². The highest BCUT2D eigenvalue weighted by molar-refractivity contribution is 6.00. The van der Waals surface area contributed by atoms with Crippen molar-refractivity contribution >= 4 is 35.1 Å². The minimum Gasteiger partial charge on any atom is -0.465 e. The number of carbonyl (C=O) groups is 3. The van der Waals surface area contributed by atoms with Crippen LogP contribution in [0.3, 0.4) is 0 Å². The second kappa shape index (κ2) is 11.6. The van der Waals surface area contributed by atoms with Gasteiger partial charge < -0.3 is 24.8 Å². The lowest BCUT2D eigenvalue weighted by atomic mass is 9.77. The summed E-state index contributed by atoms with van der Waals surface area (Å²) < 4.78 is 5.52. The molecular formula is C34H37N5O6. The molecule has 0 aliphatic carbocycles. The van der Waals surface area contributed by atoms with E-state index in [1.807, 2.05) is 51.1 Å². The topological polar surface area (TPSA) is 148 Å². The zero-order chi connectivity index (χ0) is 31.9. The third-order valence-electron chi connectivity index (χ3n) is 8.86. The first kappa shape index (κ1) is 30.1. The zero-order valence-electron chi connectivity index (χ0n) is 25.5. The number of nitrogens with one attached hydrogen (secondary N) is 2. The van der Waals surface area contributed by atoms with Gasteiger partial charge in [-0.05, 0) is 47.9 Å². The van der Waals surface area contributed by atoms with Crippen molar-refractivity contribution in [3.05, 3.63) is 95.1 Å². The van der Waals surface area contributed by atoms with E-state index >= 15 is 0 Å². The fraction of sp³-hybridized carbons (Fsp3) is 0.353. The number of carbonyl (C=O) groups excluding carboxylic acids is 2. The molecule has 3 heterocycles. The highest BCUT2D eigenvalue weighted by Gasteiger charge is 2.49. The van der Waals surface area contributed by atoms with Crippen molar-refractivity contribution in [1.82, 2.24) is 19.8 Å². The molecule has 45 heavy (non-hydrogen) atoms. The number of hydrogen-bond donors (Lipinski definition) is 4. The molecule has 1 fully saturated rings. The Labute approximate surface area is 260 Å². The first-order valence-corrected chi connectivity index (χ1v) is 15.1. The van der Waals surface area contributed by atoms with Gasteiger partial charge in [-0.1, -0.05) is 75.4 Å². The van der Waals surface area contributed by atoms with Crippen LogP contribution in [0.15, 0.2) is 72.8 Å². The van der Waals surface area contributed by atoms with Crippen LogP contribution in [0.2, 0.25) is 0 Å². The summed E-state index contributed by atoms with van der Waals surface area (Å²) in [5.41, 5.74) is 1.43. The van der Waals surface area contributed by atoms with Crippen molar-refractivity contribution in [2.24, 2.45) is 11.3 Å². The molecule has 3 aromatic carbocycles. The van der Waals surface area contributed by atoms with Crippen molar-refractivity contribution in [2.75, 3.05) is 18.5 Å². The summed E-state index contributed by atoms with van der Waals surface area (Å²) in [5.74, 6) is -0.0592. The molecule has 3 unspecified atom stereocenters. The van der Waals surface area contributed by atoms with Gasteiger partial charge in [0.15, 0.2) is 5.72 Å². The average Bonchev–Trinajstić information content (AvgIpc) is 3.52. The molecule has 11 nitrogen and oxygen atoms in total. The molecule has 4 aromatic rings. The van der Waals surface area contributed by atoms with Crippen molar-refractivity contribution in [3.63, 3.8) is 0 Å². The van der Waals surface area contributed by atoms with E-state index in [9.17, 15) is 24.6 Å².